The molecule has 3 rings (SSSR count). The van der Waals surface area contributed by atoms with Gasteiger partial charge >= 0.3 is 0 Å². The summed E-state index contributed by atoms with van der Waals surface area (Å²) in [6.07, 6.45) is 3.99. The molecule has 20 heavy (non-hydrogen) atoms. The van der Waals surface area contributed by atoms with Gasteiger partial charge in [0.1, 0.15) is 0 Å². The molecule has 2 heteroatoms. The third-order valence-electron chi connectivity index (χ3n) is 3.60. The summed E-state index contributed by atoms with van der Waals surface area (Å²) in [5.74, 6) is 0.130. The zero-order chi connectivity index (χ0) is 13.9. The lowest BCUT2D eigenvalue weighted by Gasteiger charge is -2.07. The lowest BCUT2D eigenvalue weighted by Crippen LogP contribution is -2.41. The van der Waals surface area contributed by atoms with E-state index < -0.39 is 0 Å². The van der Waals surface area contributed by atoms with E-state index in [-0.39, 0.29) is 11.8 Å². The molecule has 0 aliphatic heterocycles. The van der Waals surface area contributed by atoms with E-state index in [1.165, 1.54) is 5.39 Å². The minimum Gasteiger partial charge on any atom is -0.287 e. The van der Waals surface area contributed by atoms with Crippen molar-refractivity contribution >= 4 is 16.6 Å². The third-order valence-corrected chi connectivity index (χ3v) is 3.60. The SMILES string of the molecule is CC(C(=O)c1ccccc1)[n+]1ccc2ccccc2c1. The van der Waals surface area contributed by atoms with Crippen LogP contribution in [-0.4, -0.2) is 5.78 Å². The van der Waals surface area contributed by atoms with Gasteiger partial charge in [0.25, 0.3) is 0 Å². The Morgan fingerprint density at radius 3 is 2.30 bits per heavy atom. The van der Waals surface area contributed by atoms with Crippen LogP contribution >= 0.6 is 0 Å². The van der Waals surface area contributed by atoms with Gasteiger partial charge in [-0.15, -0.1) is 0 Å². The lowest BCUT2D eigenvalue weighted by molar-refractivity contribution is -0.703. The molecule has 0 bridgehead atoms. The number of rotatable bonds is 3. The van der Waals surface area contributed by atoms with Crippen LogP contribution in [0, 0.1) is 0 Å². The molecule has 98 valence electrons. The molecule has 0 spiro atoms. The normalized spacial score (nSPS) is 12.2. The van der Waals surface area contributed by atoms with Crippen molar-refractivity contribution in [2.75, 3.05) is 0 Å². The van der Waals surface area contributed by atoms with E-state index in [1.54, 1.807) is 0 Å². The van der Waals surface area contributed by atoms with Crippen LogP contribution in [0.3, 0.4) is 0 Å². The molecule has 1 heterocycles. The molecule has 2 aromatic carbocycles. The van der Waals surface area contributed by atoms with Gasteiger partial charge < -0.3 is 0 Å². The van der Waals surface area contributed by atoms with Gasteiger partial charge in [0.05, 0.1) is 0 Å². The molecule has 1 unspecified atom stereocenters. The van der Waals surface area contributed by atoms with Gasteiger partial charge in [0.15, 0.2) is 12.4 Å². The molecule has 0 fully saturated rings. The van der Waals surface area contributed by atoms with E-state index in [1.807, 2.05) is 72.4 Å². The summed E-state index contributed by atoms with van der Waals surface area (Å²) < 4.78 is 1.97. The number of hydrogen-bond acceptors (Lipinski definition) is 1. The van der Waals surface area contributed by atoms with Gasteiger partial charge in [0.2, 0.25) is 11.8 Å². The lowest BCUT2D eigenvalue weighted by atomic mass is 10.0. The van der Waals surface area contributed by atoms with E-state index >= 15 is 0 Å². The monoisotopic (exact) mass is 262 g/mol. The number of pyridine rings is 1. The minimum atomic E-state index is -0.206. The van der Waals surface area contributed by atoms with Crippen molar-refractivity contribution in [2.45, 2.75) is 13.0 Å². The van der Waals surface area contributed by atoms with E-state index in [0.29, 0.717) is 0 Å². The second kappa shape index (κ2) is 5.25. The summed E-state index contributed by atoms with van der Waals surface area (Å²) in [4.78, 5) is 12.5. The second-order valence-electron chi connectivity index (χ2n) is 4.93. The Bertz CT molecular complexity index is 749. The molecule has 3 aromatic rings. The largest absolute Gasteiger partial charge is 0.287 e. The molecule has 0 N–H and O–H groups in total. The summed E-state index contributed by atoms with van der Waals surface area (Å²) in [5, 5.41) is 2.32. The maximum atomic E-state index is 12.5. The first-order chi connectivity index (χ1) is 9.75. The van der Waals surface area contributed by atoms with Gasteiger partial charge in [-0.3, -0.25) is 4.79 Å². The molecule has 0 amide bonds. The highest BCUT2D eigenvalue weighted by atomic mass is 16.1. The first kappa shape index (κ1) is 12.5. The van der Waals surface area contributed by atoms with Crippen LogP contribution < -0.4 is 4.57 Å². The predicted octanol–water partition coefficient (Wildman–Crippen LogP) is 3.57. The van der Waals surface area contributed by atoms with Crippen LogP contribution in [0.15, 0.2) is 73.1 Å². The Morgan fingerprint density at radius 1 is 0.900 bits per heavy atom. The molecule has 1 atom stereocenters. The Kier molecular flexibility index (Phi) is 3.30. The summed E-state index contributed by atoms with van der Waals surface area (Å²) in [6.45, 7) is 1.93. The summed E-state index contributed by atoms with van der Waals surface area (Å²) in [5.41, 5.74) is 0.751. The molecule has 1 aromatic heterocycles. The standard InChI is InChI=1S/C18H16NO/c1-14(18(20)16-8-3-2-4-9-16)19-12-11-15-7-5-6-10-17(15)13-19/h2-14H,1H3/q+1. The molecule has 0 aliphatic carbocycles. The zero-order valence-electron chi connectivity index (χ0n) is 11.4. The fraction of sp³-hybridized carbons (Fsp3) is 0.111. The van der Waals surface area contributed by atoms with E-state index in [0.717, 1.165) is 10.9 Å². The molecule has 2 nitrogen and oxygen atoms in total. The number of fused-ring (bicyclic) bond motifs is 1. The minimum absolute atomic E-state index is 0.130. The molecule has 0 radical (unpaired) electrons. The van der Waals surface area contributed by atoms with E-state index in [2.05, 4.69) is 12.1 Å². The highest BCUT2D eigenvalue weighted by molar-refractivity contribution is 5.97. The molecular weight excluding hydrogens is 246 g/mol. The number of aromatic nitrogens is 1. The number of nitrogens with zero attached hydrogens (tertiary/aromatic N) is 1. The number of carbonyl (C=O) groups is 1. The highest BCUT2D eigenvalue weighted by Gasteiger charge is 2.23. The van der Waals surface area contributed by atoms with Gasteiger partial charge in [-0.2, -0.15) is 4.57 Å². The van der Waals surface area contributed by atoms with Crippen molar-refractivity contribution < 1.29 is 9.36 Å². The Labute approximate surface area is 118 Å². The third kappa shape index (κ3) is 2.32. The fourth-order valence-corrected chi connectivity index (χ4v) is 2.37. The van der Waals surface area contributed by atoms with Gasteiger partial charge in [-0.25, -0.2) is 0 Å². The molecule has 0 saturated heterocycles. The number of ketones is 1. The number of benzene rings is 2. The van der Waals surface area contributed by atoms with Crippen LogP contribution in [0.4, 0.5) is 0 Å². The average molecular weight is 262 g/mol. The Morgan fingerprint density at radius 2 is 1.55 bits per heavy atom. The van der Waals surface area contributed by atoms with Crippen LogP contribution in [0.1, 0.15) is 23.3 Å². The Hall–Kier alpha value is -2.48. The van der Waals surface area contributed by atoms with Crippen LogP contribution in [0.5, 0.6) is 0 Å². The van der Waals surface area contributed by atoms with Crippen molar-refractivity contribution in [1.29, 1.82) is 0 Å². The summed E-state index contributed by atoms with van der Waals surface area (Å²) in [6, 6.07) is 19.4. The molecule has 0 aliphatic rings. The second-order valence-corrected chi connectivity index (χ2v) is 4.93. The first-order valence-electron chi connectivity index (χ1n) is 6.74. The van der Waals surface area contributed by atoms with Gasteiger partial charge in [0, 0.05) is 23.9 Å². The number of carbonyl (C=O) groups excluding carboxylic acids is 1. The maximum absolute atomic E-state index is 12.5. The van der Waals surface area contributed by atoms with Crippen molar-refractivity contribution in [3.05, 3.63) is 78.6 Å². The van der Waals surface area contributed by atoms with Crippen LogP contribution in [-0.2, 0) is 0 Å². The smallest absolute Gasteiger partial charge is 0.230 e. The van der Waals surface area contributed by atoms with Crippen molar-refractivity contribution in [3.8, 4) is 0 Å². The quantitative estimate of drug-likeness (QED) is 0.522. The molecule has 0 saturated carbocycles. The Balaban J connectivity index is 1.96. The summed E-state index contributed by atoms with van der Waals surface area (Å²) >= 11 is 0. The van der Waals surface area contributed by atoms with Crippen molar-refractivity contribution in [1.82, 2.24) is 0 Å². The topological polar surface area (TPSA) is 20.9 Å². The van der Waals surface area contributed by atoms with Crippen LogP contribution in [0.25, 0.3) is 10.8 Å². The first-order valence-corrected chi connectivity index (χ1v) is 6.74. The van der Waals surface area contributed by atoms with E-state index in [4.69, 9.17) is 0 Å². The zero-order valence-corrected chi connectivity index (χ0v) is 11.4. The molecular formula is C18H16NO+. The highest BCUT2D eigenvalue weighted by Crippen LogP contribution is 2.13. The average Bonchev–Trinajstić information content (AvgIpc) is 2.54. The van der Waals surface area contributed by atoms with Gasteiger partial charge in [-0.05, 0) is 11.5 Å². The van der Waals surface area contributed by atoms with Crippen molar-refractivity contribution in [2.24, 2.45) is 0 Å². The van der Waals surface area contributed by atoms with Crippen molar-refractivity contribution in [3.63, 3.8) is 0 Å². The number of Topliss-reactive ketones (excluding diaryl/α,β-unsaturated/α-hetero) is 1. The van der Waals surface area contributed by atoms with Gasteiger partial charge in [-0.1, -0.05) is 48.5 Å². The van der Waals surface area contributed by atoms with E-state index in [9.17, 15) is 4.79 Å². The predicted molar refractivity (Wildman–Crippen MR) is 79.6 cm³/mol. The van der Waals surface area contributed by atoms with Crippen LogP contribution in [0.2, 0.25) is 0 Å². The summed E-state index contributed by atoms with van der Waals surface area (Å²) in [7, 11) is 0. The maximum Gasteiger partial charge on any atom is 0.230 e. The fourth-order valence-electron chi connectivity index (χ4n) is 2.37. The number of hydrogen-bond donors (Lipinski definition) is 0.